The van der Waals surface area contributed by atoms with Crippen molar-refractivity contribution < 1.29 is 0 Å². The van der Waals surface area contributed by atoms with Crippen LogP contribution in [0.5, 0.6) is 0 Å². The summed E-state index contributed by atoms with van der Waals surface area (Å²) in [7, 11) is 0. The minimum absolute atomic E-state index is 0.226. The Kier molecular flexibility index (Phi) is 3.71. The zero-order chi connectivity index (χ0) is 13.1. The molecule has 0 saturated carbocycles. The topological polar surface area (TPSA) is 62.7 Å². The summed E-state index contributed by atoms with van der Waals surface area (Å²) in [6.07, 6.45) is 1.82. The van der Waals surface area contributed by atoms with E-state index in [4.69, 9.17) is 34.2 Å². The summed E-state index contributed by atoms with van der Waals surface area (Å²) in [6, 6.07) is 9.01. The second-order valence-corrected chi connectivity index (χ2v) is 4.51. The van der Waals surface area contributed by atoms with Gasteiger partial charge >= 0.3 is 0 Å². The highest BCUT2D eigenvalue weighted by Gasteiger charge is 2.13. The van der Waals surface area contributed by atoms with Crippen molar-refractivity contribution in [3.63, 3.8) is 0 Å². The van der Waals surface area contributed by atoms with Gasteiger partial charge in [-0.1, -0.05) is 29.3 Å². The molecule has 0 aliphatic heterocycles. The zero-order valence-electron chi connectivity index (χ0n) is 9.32. The largest absolute Gasteiger partial charge is 0.384 e. The minimum atomic E-state index is 0.226. The summed E-state index contributed by atoms with van der Waals surface area (Å²) in [4.78, 5) is 4.03. The van der Waals surface area contributed by atoms with E-state index in [9.17, 15) is 0 Å². The highest BCUT2D eigenvalue weighted by atomic mass is 35.5. The highest BCUT2D eigenvalue weighted by Crippen LogP contribution is 2.36. The van der Waals surface area contributed by atoms with E-state index in [1.165, 1.54) is 0 Å². The summed E-state index contributed by atoms with van der Waals surface area (Å²) in [6.45, 7) is 0. The van der Waals surface area contributed by atoms with E-state index >= 15 is 0 Å². The number of pyridine rings is 1. The number of hydrogen-bond donors (Lipinski definition) is 1. The average molecular weight is 278 g/mol. The molecule has 0 radical (unpaired) electrons. The van der Waals surface area contributed by atoms with Gasteiger partial charge in [0.2, 0.25) is 0 Å². The fraction of sp³-hybridized carbons (Fsp3) is 0.0769. The number of anilines is 1. The third kappa shape index (κ3) is 2.40. The Morgan fingerprint density at radius 3 is 2.56 bits per heavy atom. The number of nitrogens with zero attached hydrogens (tertiary/aromatic N) is 2. The van der Waals surface area contributed by atoms with Crippen LogP contribution < -0.4 is 5.73 Å². The molecular formula is C13H9Cl2N3. The van der Waals surface area contributed by atoms with E-state index in [-0.39, 0.29) is 6.42 Å². The van der Waals surface area contributed by atoms with Crippen molar-refractivity contribution in [1.82, 2.24) is 4.98 Å². The van der Waals surface area contributed by atoms with E-state index in [2.05, 4.69) is 11.1 Å². The molecule has 0 unspecified atom stereocenters. The van der Waals surface area contributed by atoms with Crippen molar-refractivity contribution in [3.05, 3.63) is 46.1 Å². The Morgan fingerprint density at radius 2 is 1.94 bits per heavy atom. The van der Waals surface area contributed by atoms with Crippen LogP contribution in [0, 0.1) is 11.3 Å². The summed E-state index contributed by atoms with van der Waals surface area (Å²) in [5, 5.41) is 9.89. The molecule has 0 saturated heterocycles. The van der Waals surface area contributed by atoms with E-state index in [0.717, 1.165) is 11.1 Å². The molecule has 1 heterocycles. The maximum Gasteiger partial charge on any atom is 0.123 e. The van der Waals surface area contributed by atoms with Crippen LogP contribution >= 0.6 is 23.2 Å². The van der Waals surface area contributed by atoms with Gasteiger partial charge in [0.05, 0.1) is 12.5 Å². The van der Waals surface area contributed by atoms with Crippen molar-refractivity contribution in [1.29, 1.82) is 5.26 Å². The Labute approximate surface area is 115 Å². The minimum Gasteiger partial charge on any atom is -0.384 e. The molecule has 90 valence electrons. The number of halogens is 2. The van der Waals surface area contributed by atoms with Crippen LogP contribution in [0.1, 0.15) is 5.56 Å². The van der Waals surface area contributed by atoms with Crippen molar-refractivity contribution in [2.75, 3.05) is 5.73 Å². The van der Waals surface area contributed by atoms with Crippen LogP contribution in [0.2, 0.25) is 10.0 Å². The monoisotopic (exact) mass is 277 g/mol. The van der Waals surface area contributed by atoms with E-state index in [1.807, 2.05) is 0 Å². The predicted octanol–water partition coefficient (Wildman–Crippen LogP) is 3.70. The SMILES string of the molecule is N#CCc1cc(N)ncc1-c1c(Cl)cccc1Cl. The zero-order valence-corrected chi connectivity index (χ0v) is 10.8. The maximum absolute atomic E-state index is 8.84. The summed E-state index contributed by atoms with van der Waals surface area (Å²) >= 11 is 12.3. The number of nitrogen functional groups attached to an aromatic ring is 1. The van der Waals surface area contributed by atoms with Gasteiger partial charge < -0.3 is 5.73 Å². The molecule has 18 heavy (non-hydrogen) atoms. The van der Waals surface area contributed by atoms with Crippen LogP contribution in [0.3, 0.4) is 0 Å². The Morgan fingerprint density at radius 1 is 1.28 bits per heavy atom. The lowest BCUT2D eigenvalue weighted by Gasteiger charge is -2.11. The van der Waals surface area contributed by atoms with E-state index < -0.39 is 0 Å². The second-order valence-electron chi connectivity index (χ2n) is 3.70. The lowest BCUT2D eigenvalue weighted by molar-refractivity contribution is 1.22. The van der Waals surface area contributed by atoms with Gasteiger partial charge in [0.15, 0.2) is 0 Å². The number of hydrogen-bond acceptors (Lipinski definition) is 3. The molecule has 0 atom stereocenters. The van der Waals surface area contributed by atoms with Gasteiger partial charge in [-0.3, -0.25) is 0 Å². The summed E-state index contributed by atoms with van der Waals surface area (Å²) in [5.74, 6) is 0.368. The van der Waals surface area contributed by atoms with Gasteiger partial charge in [-0.15, -0.1) is 0 Å². The molecule has 2 rings (SSSR count). The first-order valence-electron chi connectivity index (χ1n) is 5.19. The fourth-order valence-electron chi connectivity index (χ4n) is 1.73. The second kappa shape index (κ2) is 5.26. The Balaban J connectivity index is 2.68. The van der Waals surface area contributed by atoms with Gasteiger partial charge in [0.1, 0.15) is 5.82 Å². The van der Waals surface area contributed by atoms with Gasteiger partial charge in [0, 0.05) is 27.4 Å². The fourth-order valence-corrected chi connectivity index (χ4v) is 2.33. The lowest BCUT2D eigenvalue weighted by atomic mass is 10.00. The molecule has 5 heteroatoms. The lowest BCUT2D eigenvalue weighted by Crippen LogP contribution is -1.96. The quantitative estimate of drug-likeness (QED) is 0.910. The van der Waals surface area contributed by atoms with Crippen molar-refractivity contribution in [2.24, 2.45) is 0 Å². The van der Waals surface area contributed by atoms with Crippen LogP contribution in [-0.4, -0.2) is 4.98 Å². The van der Waals surface area contributed by atoms with Gasteiger partial charge in [-0.05, 0) is 23.8 Å². The number of aromatic nitrogens is 1. The molecule has 2 aromatic rings. The van der Waals surface area contributed by atoms with Crippen LogP contribution in [-0.2, 0) is 6.42 Å². The van der Waals surface area contributed by atoms with Gasteiger partial charge in [0.25, 0.3) is 0 Å². The third-order valence-electron chi connectivity index (χ3n) is 2.51. The maximum atomic E-state index is 8.84. The average Bonchev–Trinajstić information content (AvgIpc) is 2.32. The summed E-state index contributed by atoms with van der Waals surface area (Å²) < 4.78 is 0. The molecule has 0 aliphatic carbocycles. The van der Waals surface area contributed by atoms with Crippen LogP contribution in [0.4, 0.5) is 5.82 Å². The van der Waals surface area contributed by atoms with Gasteiger partial charge in [-0.25, -0.2) is 4.98 Å². The standard InChI is InChI=1S/C13H9Cl2N3/c14-10-2-1-3-11(15)13(10)9-7-18-12(17)6-8(9)4-5-16/h1-3,6-7H,4H2,(H2,17,18). The van der Waals surface area contributed by atoms with Crippen molar-refractivity contribution in [3.8, 4) is 17.2 Å². The molecule has 0 amide bonds. The molecule has 0 bridgehead atoms. The molecular weight excluding hydrogens is 269 g/mol. The van der Waals surface area contributed by atoms with Crippen LogP contribution in [0.15, 0.2) is 30.5 Å². The number of nitrogens with two attached hydrogens (primary N) is 1. The molecule has 2 N–H and O–H groups in total. The Bertz CT molecular complexity index is 612. The van der Waals surface area contributed by atoms with E-state index in [1.54, 1.807) is 30.5 Å². The number of rotatable bonds is 2. The number of benzene rings is 1. The smallest absolute Gasteiger partial charge is 0.123 e. The van der Waals surface area contributed by atoms with Crippen LogP contribution in [0.25, 0.3) is 11.1 Å². The molecule has 1 aromatic carbocycles. The molecule has 0 spiro atoms. The molecule has 1 aromatic heterocycles. The Hall–Kier alpha value is -1.76. The van der Waals surface area contributed by atoms with Gasteiger partial charge in [-0.2, -0.15) is 5.26 Å². The first kappa shape index (κ1) is 12.7. The predicted molar refractivity (Wildman–Crippen MR) is 73.4 cm³/mol. The molecule has 3 nitrogen and oxygen atoms in total. The first-order valence-corrected chi connectivity index (χ1v) is 5.95. The first-order chi connectivity index (χ1) is 8.63. The highest BCUT2D eigenvalue weighted by molar-refractivity contribution is 6.39. The van der Waals surface area contributed by atoms with Crippen molar-refractivity contribution >= 4 is 29.0 Å². The number of nitriles is 1. The summed E-state index contributed by atoms with van der Waals surface area (Å²) in [5.41, 5.74) is 7.81. The van der Waals surface area contributed by atoms with E-state index in [0.29, 0.717) is 21.4 Å². The van der Waals surface area contributed by atoms with Crippen molar-refractivity contribution in [2.45, 2.75) is 6.42 Å². The molecule has 0 fully saturated rings. The third-order valence-corrected chi connectivity index (χ3v) is 3.14. The normalized spacial score (nSPS) is 10.1. The molecule has 0 aliphatic rings.